The molecule has 2 nitrogen and oxygen atoms in total. The Kier molecular flexibility index (Phi) is 10.9. The van der Waals surface area contributed by atoms with Gasteiger partial charge in [-0.25, -0.2) is 0 Å². The van der Waals surface area contributed by atoms with Crippen LogP contribution < -0.4 is 9.16 Å². The highest BCUT2D eigenvalue weighted by Crippen LogP contribution is 2.45. The average molecular weight is 568 g/mol. The minimum atomic E-state index is -0.783. The van der Waals surface area contributed by atoms with Crippen molar-refractivity contribution in [2.24, 2.45) is 0 Å². The van der Waals surface area contributed by atoms with Gasteiger partial charge < -0.3 is 9.16 Å². The number of fused-ring (bicyclic) bond motifs is 1. The predicted molar refractivity (Wildman–Crippen MR) is 150 cm³/mol. The van der Waals surface area contributed by atoms with Gasteiger partial charge >= 0.3 is 0 Å². The van der Waals surface area contributed by atoms with Crippen LogP contribution in [0, 0.1) is 20.8 Å². The lowest BCUT2D eigenvalue weighted by molar-refractivity contribution is 0.0559. The van der Waals surface area contributed by atoms with Gasteiger partial charge in [0.05, 0.1) is 0 Å². The van der Waals surface area contributed by atoms with Crippen LogP contribution in [0.15, 0.2) is 23.3 Å². The van der Waals surface area contributed by atoms with E-state index in [0.717, 1.165) is 43.6 Å². The molecule has 0 bridgehead atoms. The van der Waals surface area contributed by atoms with Crippen molar-refractivity contribution in [2.45, 2.75) is 112 Å². The smallest absolute Gasteiger partial charge is 0.274 e. The highest BCUT2D eigenvalue weighted by molar-refractivity contribution is 14.1. The first kappa shape index (κ1) is 27.5. The molecule has 0 amide bonds. The van der Waals surface area contributed by atoms with Crippen LogP contribution in [0.3, 0.4) is 0 Å². The summed E-state index contributed by atoms with van der Waals surface area (Å²) in [6, 6.07) is 0. The van der Waals surface area contributed by atoms with E-state index in [9.17, 15) is 0 Å². The monoisotopic (exact) mass is 567 g/mol. The molecule has 1 aromatic carbocycles. The Hall–Kier alpha value is -0.753. The Labute approximate surface area is 213 Å². The maximum absolute atomic E-state index is 6.72. The summed E-state index contributed by atoms with van der Waals surface area (Å²) in [5.74, 6) is 2.22. The minimum absolute atomic E-state index is 0.0871. The van der Waals surface area contributed by atoms with Crippen LogP contribution in [0.25, 0.3) is 0 Å². The molecule has 179 valence electrons. The Morgan fingerprint density at radius 3 is 2.34 bits per heavy atom. The van der Waals surface area contributed by atoms with E-state index in [1.807, 2.05) is 0 Å². The standard InChI is InChI=1S/C28H44IO2Si/c1-20(12-9-13-21(2)15-11-19-29)14-10-17-28(6)18-16-25-24(5)26(31-32(7)8)22(3)23(4)27(25)30-28/h13-14H,9-12,15-19H2,1-8H3/b20-14+,21-13+/t28-/m1/s1. The molecule has 1 aliphatic rings. The molecular weight excluding hydrogens is 523 g/mol. The van der Waals surface area contributed by atoms with E-state index in [2.05, 4.69) is 89.4 Å². The molecule has 1 aromatic rings. The van der Waals surface area contributed by atoms with Gasteiger partial charge in [-0.15, -0.1) is 0 Å². The summed E-state index contributed by atoms with van der Waals surface area (Å²) in [5.41, 5.74) is 8.11. The van der Waals surface area contributed by atoms with Crippen molar-refractivity contribution < 1.29 is 9.16 Å². The van der Waals surface area contributed by atoms with Crippen LogP contribution >= 0.6 is 22.6 Å². The second-order valence-corrected chi connectivity index (χ2v) is 13.1. The third-order valence-corrected chi connectivity index (χ3v) is 8.15. The van der Waals surface area contributed by atoms with E-state index >= 15 is 0 Å². The number of ether oxygens (including phenoxy) is 1. The normalized spacial score (nSPS) is 19.2. The SMILES string of the molecule is C/C(=C\CC[C@]1(C)CCc2c(C)c(O[Si](C)C)c(C)c(C)c2O1)CC/C=C(\C)CCCI. The number of hydrogen-bond acceptors (Lipinski definition) is 2. The summed E-state index contributed by atoms with van der Waals surface area (Å²) in [7, 11) is -0.783. The Bertz CT molecular complexity index is 841. The van der Waals surface area contributed by atoms with Gasteiger partial charge in [-0.05, 0) is 127 Å². The van der Waals surface area contributed by atoms with Gasteiger partial charge in [-0.1, -0.05) is 45.9 Å². The van der Waals surface area contributed by atoms with Gasteiger partial charge in [0.1, 0.15) is 17.1 Å². The molecule has 0 aliphatic carbocycles. The lowest BCUT2D eigenvalue weighted by atomic mass is 9.85. The Morgan fingerprint density at radius 1 is 1.03 bits per heavy atom. The largest absolute Gasteiger partial charge is 0.542 e. The van der Waals surface area contributed by atoms with Crippen LogP contribution in [-0.2, 0) is 6.42 Å². The zero-order valence-corrected chi connectivity index (χ0v) is 24.9. The second kappa shape index (κ2) is 12.6. The zero-order chi connectivity index (χ0) is 23.9. The first-order chi connectivity index (χ1) is 15.1. The van der Waals surface area contributed by atoms with E-state index in [4.69, 9.17) is 9.16 Å². The van der Waals surface area contributed by atoms with E-state index < -0.39 is 9.04 Å². The molecule has 1 radical (unpaired) electrons. The maximum Gasteiger partial charge on any atom is 0.274 e. The highest BCUT2D eigenvalue weighted by atomic mass is 127. The average Bonchev–Trinajstić information content (AvgIpc) is 2.73. The van der Waals surface area contributed by atoms with Crippen molar-refractivity contribution in [3.05, 3.63) is 45.6 Å². The number of alkyl halides is 1. The van der Waals surface area contributed by atoms with Crippen molar-refractivity contribution in [1.82, 2.24) is 0 Å². The van der Waals surface area contributed by atoms with Crippen LogP contribution in [0.1, 0.15) is 88.0 Å². The van der Waals surface area contributed by atoms with Crippen molar-refractivity contribution in [2.75, 3.05) is 4.43 Å². The third kappa shape index (κ3) is 7.65. The van der Waals surface area contributed by atoms with Crippen LogP contribution in [0.2, 0.25) is 13.1 Å². The molecule has 32 heavy (non-hydrogen) atoms. The number of rotatable bonds is 11. The summed E-state index contributed by atoms with van der Waals surface area (Å²) < 4.78 is 14.2. The molecule has 0 fully saturated rings. The van der Waals surface area contributed by atoms with Crippen LogP contribution in [0.4, 0.5) is 0 Å². The topological polar surface area (TPSA) is 18.5 Å². The number of allylic oxidation sites excluding steroid dienone is 4. The maximum atomic E-state index is 6.72. The molecule has 0 saturated heterocycles. The minimum Gasteiger partial charge on any atom is -0.542 e. The van der Waals surface area contributed by atoms with E-state index in [-0.39, 0.29) is 5.60 Å². The lowest BCUT2D eigenvalue weighted by Gasteiger charge is -2.38. The molecule has 1 aliphatic heterocycles. The molecule has 0 N–H and O–H groups in total. The van der Waals surface area contributed by atoms with E-state index in [1.165, 1.54) is 51.5 Å². The lowest BCUT2D eigenvalue weighted by Crippen LogP contribution is -2.37. The number of hydrogen-bond donors (Lipinski definition) is 0. The summed E-state index contributed by atoms with van der Waals surface area (Å²) in [4.78, 5) is 0. The zero-order valence-electron chi connectivity index (χ0n) is 21.7. The summed E-state index contributed by atoms with van der Waals surface area (Å²) in [6.07, 6.45) is 14.0. The molecular formula is C28H44IO2Si. The van der Waals surface area contributed by atoms with Crippen molar-refractivity contribution in [3.8, 4) is 11.5 Å². The van der Waals surface area contributed by atoms with Crippen molar-refractivity contribution in [1.29, 1.82) is 0 Å². The van der Waals surface area contributed by atoms with Gasteiger partial charge in [-0.2, -0.15) is 0 Å². The summed E-state index contributed by atoms with van der Waals surface area (Å²) in [6.45, 7) is 17.8. The van der Waals surface area contributed by atoms with Crippen LogP contribution in [0.5, 0.6) is 11.5 Å². The van der Waals surface area contributed by atoms with E-state index in [1.54, 1.807) is 5.57 Å². The number of benzene rings is 1. The predicted octanol–water partition coefficient (Wildman–Crippen LogP) is 8.99. The fourth-order valence-electron chi connectivity index (χ4n) is 4.53. The highest BCUT2D eigenvalue weighted by Gasteiger charge is 2.34. The van der Waals surface area contributed by atoms with Gasteiger partial charge in [0.2, 0.25) is 0 Å². The molecule has 0 saturated carbocycles. The second-order valence-electron chi connectivity index (χ2n) is 10.0. The van der Waals surface area contributed by atoms with Crippen molar-refractivity contribution in [3.63, 3.8) is 0 Å². The molecule has 1 atom stereocenters. The molecule has 1 heterocycles. The first-order valence-corrected chi connectivity index (χ1v) is 16.2. The molecule has 0 unspecified atom stereocenters. The summed E-state index contributed by atoms with van der Waals surface area (Å²) in [5, 5.41) is 0. The fraction of sp³-hybridized carbons (Fsp3) is 0.643. The fourth-order valence-corrected chi connectivity index (χ4v) is 5.63. The van der Waals surface area contributed by atoms with Gasteiger partial charge in [0, 0.05) is 5.56 Å². The first-order valence-electron chi connectivity index (χ1n) is 12.2. The molecule has 0 spiro atoms. The van der Waals surface area contributed by atoms with Gasteiger partial charge in [0.15, 0.2) is 0 Å². The van der Waals surface area contributed by atoms with Crippen LogP contribution in [-0.4, -0.2) is 19.1 Å². The Balaban J connectivity index is 1.99. The summed E-state index contributed by atoms with van der Waals surface area (Å²) >= 11 is 2.46. The molecule has 4 heteroatoms. The van der Waals surface area contributed by atoms with Gasteiger partial charge in [-0.3, -0.25) is 0 Å². The molecule has 2 rings (SSSR count). The van der Waals surface area contributed by atoms with Gasteiger partial charge in [0.25, 0.3) is 9.04 Å². The number of halogens is 1. The quantitative estimate of drug-likeness (QED) is 0.115. The van der Waals surface area contributed by atoms with E-state index in [0.29, 0.717) is 0 Å². The Morgan fingerprint density at radius 2 is 1.69 bits per heavy atom. The third-order valence-electron chi connectivity index (χ3n) is 6.77. The molecule has 0 aromatic heterocycles. The van der Waals surface area contributed by atoms with Crippen molar-refractivity contribution >= 4 is 31.6 Å².